The first-order chi connectivity index (χ1) is 9.15. The Morgan fingerprint density at radius 3 is 2.47 bits per heavy atom. The van der Waals surface area contributed by atoms with Gasteiger partial charge in [0.1, 0.15) is 0 Å². The molecule has 0 radical (unpaired) electrons. The Kier molecular flexibility index (Phi) is 4.97. The number of nitrogens with two attached hydrogens (primary N) is 1. The average Bonchev–Trinajstić information content (AvgIpc) is 2.42. The minimum atomic E-state index is 0.363. The quantitative estimate of drug-likeness (QED) is 0.900. The molecule has 0 saturated carbocycles. The molecular formula is C16H27N3. The molecule has 2 N–H and O–H groups in total. The molecule has 1 heterocycles. The first kappa shape index (κ1) is 14.5. The Hall–Kier alpha value is -0.900. The second kappa shape index (κ2) is 6.51. The highest BCUT2D eigenvalue weighted by Crippen LogP contribution is 2.23. The molecule has 3 nitrogen and oxygen atoms in total. The molecule has 1 aliphatic rings. The summed E-state index contributed by atoms with van der Waals surface area (Å²) in [6.07, 6.45) is 0. The number of benzene rings is 1. The molecule has 0 amide bonds. The van der Waals surface area contributed by atoms with Gasteiger partial charge in [-0.1, -0.05) is 36.8 Å². The number of piperazine rings is 1. The van der Waals surface area contributed by atoms with E-state index in [0.29, 0.717) is 18.6 Å². The zero-order valence-corrected chi connectivity index (χ0v) is 12.5. The molecule has 1 aliphatic heterocycles. The molecule has 19 heavy (non-hydrogen) atoms. The minimum absolute atomic E-state index is 0.363. The molecule has 0 bridgehead atoms. The van der Waals surface area contributed by atoms with Gasteiger partial charge in [0, 0.05) is 38.3 Å². The van der Waals surface area contributed by atoms with Crippen molar-refractivity contribution >= 4 is 0 Å². The summed E-state index contributed by atoms with van der Waals surface area (Å²) in [6.45, 7) is 11.9. The summed E-state index contributed by atoms with van der Waals surface area (Å²) >= 11 is 0. The molecule has 1 saturated heterocycles. The van der Waals surface area contributed by atoms with Gasteiger partial charge in [0.25, 0.3) is 0 Å². The van der Waals surface area contributed by atoms with Crippen molar-refractivity contribution in [2.75, 3.05) is 32.7 Å². The van der Waals surface area contributed by atoms with E-state index in [9.17, 15) is 0 Å². The van der Waals surface area contributed by atoms with E-state index < -0.39 is 0 Å². The van der Waals surface area contributed by atoms with Gasteiger partial charge in [-0.2, -0.15) is 0 Å². The summed E-state index contributed by atoms with van der Waals surface area (Å²) < 4.78 is 0. The summed E-state index contributed by atoms with van der Waals surface area (Å²) in [7, 11) is 0. The van der Waals surface area contributed by atoms with Gasteiger partial charge in [-0.3, -0.25) is 9.80 Å². The van der Waals surface area contributed by atoms with Crippen LogP contribution in [0.3, 0.4) is 0 Å². The molecule has 1 aromatic carbocycles. The largest absolute Gasteiger partial charge is 0.329 e. The third kappa shape index (κ3) is 3.35. The van der Waals surface area contributed by atoms with Crippen molar-refractivity contribution in [3.05, 3.63) is 35.4 Å². The van der Waals surface area contributed by atoms with Crippen LogP contribution in [0, 0.1) is 6.92 Å². The lowest BCUT2D eigenvalue weighted by Crippen LogP contribution is -2.53. The van der Waals surface area contributed by atoms with Gasteiger partial charge in [0.05, 0.1) is 0 Å². The predicted octanol–water partition coefficient (Wildman–Crippen LogP) is 2.02. The number of aryl methyl sites for hydroxylation is 1. The number of likely N-dealkylation sites (N-methyl/N-ethyl adjacent to an activating group) is 1. The van der Waals surface area contributed by atoms with Crippen LogP contribution in [0.25, 0.3) is 0 Å². The van der Waals surface area contributed by atoms with Gasteiger partial charge in [0.2, 0.25) is 0 Å². The molecule has 1 aromatic rings. The van der Waals surface area contributed by atoms with Gasteiger partial charge in [-0.15, -0.1) is 0 Å². The van der Waals surface area contributed by atoms with E-state index >= 15 is 0 Å². The lowest BCUT2D eigenvalue weighted by Gasteiger charge is -2.42. The second-order valence-corrected chi connectivity index (χ2v) is 5.63. The zero-order valence-electron chi connectivity index (χ0n) is 12.5. The van der Waals surface area contributed by atoms with E-state index in [-0.39, 0.29) is 0 Å². The fraction of sp³-hybridized carbons (Fsp3) is 0.625. The highest BCUT2D eigenvalue weighted by Gasteiger charge is 2.27. The summed E-state index contributed by atoms with van der Waals surface area (Å²) in [5.41, 5.74) is 8.69. The molecule has 0 aromatic heterocycles. The smallest absolute Gasteiger partial charge is 0.0471 e. The molecular weight excluding hydrogens is 234 g/mol. The maximum absolute atomic E-state index is 6.03. The van der Waals surface area contributed by atoms with E-state index in [1.54, 1.807) is 0 Å². The van der Waals surface area contributed by atoms with Crippen molar-refractivity contribution in [1.82, 2.24) is 9.80 Å². The maximum Gasteiger partial charge on any atom is 0.0471 e. The first-order valence-corrected chi connectivity index (χ1v) is 7.40. The van der Waals surface area contributed by atoms with Gasteiger partial charge < -0.3 is 5.73 Å². The number of hydrogen-bond donors (Lipinski definition) is 1. The minimum Gasteiger partial charge on any atom is -0.329 e. The van der Waals surface area contributed by atoms with Crippen LogP contribution in [0.1, 0.15) is 31.0 Å². The third-order valence-corrected chi connectivity index (χ3v) is 4.33. The maximum atomic E-state index is 6.03. The van der Waals surface area contributed by atoms with Gasteiger partial charge in [-0.05, 0) is 26.0 Å². The predicted molar refractivity (Wildman–Crippen MR) is 81.3 cm³/mol. The van der Waals surface area contributed by atoms with E-state index in [1.807, 2.05) is 0 Å². The van der Waals surface area contributed by atoms with Crippen LogP contribution < -0.4 is 5.73 Å². The number of nitrogens with zero attached hydrogens (tertiary/aromatic N) is 2. The van der Waals surface area contributed by atoms with Crippen molar-refractivity contribution in [2.24, 2.45) is 5.73 Å². The molecule has 2 atom stereocenters. The van der Waals surface area contributed by atoms with Crippen LogP contribution in [0.4, 0.5) is 0 Å². The van der Waals surface area contributed by atoms with E-state index in [4.69, 9.17) is 5.73 Å². The Morgan fingerprint density at radius 1 is 1.26 bits per heavy atom. The van der Waals surface area contributed by atoms with E-state index in [2.05, 4.69) is 54.8 Å². The van der Waals surface area contributed by atoms with Crippen LogP contribution in [-0.4, -0.2) is 48.6 Å². The lowest BCUT2D eigenvalue weighted by molar-refractivity contribution is 0.0606. The van der Waals surface area contributed by atoms with Crippen molar-refractivity contribution in [3.63, 3.8) is 0 Å². The molecule has 1 fully saturated rings. The normalized spacial score (nSPS) is 23.5. The average molecular weight is 261 g/mol. The van der Waals surface area contributed by atoms with Crippen molar-refractivity contribution < 1.29 is 0 Å². The molecule has 3 heteroatoms. The summed E-state index contributed by atoms with van der Waals surface area (Å²) in [5, 5.41) is 0. The molecule has 0 aliphatic carbocycles. The van der Waals surface area contributed by atoms with E-state index in [1.165, 1.54) is 11.1 Å². The van der Waals surface area contributed by atoms with Crippen LogP contribution >= 0.6 is 0 Å². The standard InChI is InChI=1S/C16H27N3/c1-4-18-9-10-19(12-14(18)3)16(11-17)15-7-5-13(2)6-8-15/h5-8,14,16H,4,9-12,17H2,1-3H3. The molecule has 106 valence electrons. The van der Waals surface area contributed by atoms with Crippen molar-refractivity contribution in [1.29, 1.82) is 0 Å². The Bertz CT molecular complexity index is 387. The second-order valence-electron chi connectivity index (χ2n) is 5.63. The van der Waals surface area contributed by atoms with Crippen LogP contribution in [0.15, 0.2) is 24.3 Å². The third-order valence-electron chi connectivity index (χ3n) is 4.33. The first-order valence-electron chi connectivity index (χ1n) is 7.40. The van der Waals surface area contributed by atoms with Crippen molar-refractivity contribution in [2.45, 2.75) is 32.9 Å². The van der Waals surface area contributed by atoms with Crippen LogP contribution in [0.2, 0.25) is 0 Å². The summed E-state index contributed by atoms with van der Waals surface area (Å²) in [4.78, 5) is 5.08. The lowest BCUT2D eigenvalue weighted by atomic mass is 10.0. The van der Waals surface area contributed by atoms with Crippen LogP contribution in [0.5, 0.6) is 0 Å². The molecule has 2 unspecified atom stereocenters. The zero-order chi connectivity index (χ0) is 13.8. The van der Waals surface area contributed by atoms with Gasteiger partial charge in [0.15, 0.2) is 0 Å². The molecule has 2 rings (SSSR count). The topological polar surface area (TPSA) is 32.5 Å². The van der Waals surface area contributed by atoms with Gasteiger partial charge in [-0.25, -0.2) is 0 Å². The Balaban J connectivity index is 2.08. The van der Waals surface area contributed by atoms with Gasteiger partial charge >= 0.3 is 0 Å². The monoisotopic (exact) mass is 261 g/mol. The fourth-order valence-corrected chi connectivity index (χ4v) is 3.06. The molecule has 0 spiro atoms. The highest BCUT2D eigenvalue weighted by molar-refractivity contribution is 5.24. The van der Waals surface area contributed by atoms with Crippen LogP contribution in [-0.2, 0) is 0 Å². The van der Waals surface area contributed by atoms with Crippen molar-refractivity contribution in [3.8, 4) is 0 Å². The SMILES string of the molecule is CCN1CCN(C(CN)c2ccc(C)cc2)CC1C. The number of rotatable bonds is 4. The van der Waals surface area contributed by atoms with E-state index in [0.717, 1.165) is 26.2 Å². The summed E-state index contributed by atoms with van der Waals surface area (Å²) in [5.74, 6) is 0. The highest BCUT2D eigenvalue weighted by atomic mass is 15.3. The summed E-state index contributed by atoms with van der Waals surface area (Å²) in [6, 6.07) is 9.81. The fourth-order valence-electron chi connectivity index (χ4n) is 3.06. The Morgan fingerprint density at radius 2 is 1.95 bits per heavy atom. The Labute approximate surface area is 117 Å². The number of hydrogen-bond acceptors (Lipinski definition) is 3.